The number of rotatable bonds is 4. The van der Waals surface area contributed by atoms with Crippen LogP contribution < -0.4 is 10.6 Å². The van der Waals surface area contributed by atoms with E-state index in [0.29, 0.717) is 23.7 Å². The zero-order valence-electron chi connectivity index (χ0n) is 13.0. The summed E-state index contributed by atoms with van der Waals surface area (Å²) in [6.07, 6.45) is 0.417. The minimum Gasteiger partial charge on any atom is -0.443 e. The number of amides is 2. The SMILES string of the molecule is Cc1ccc(C(=O)N[C@H]2CCN(CC3CNC(=O)O3)C2)c(Cl)c1. The van der Waals surface area contributed by atoms with Gasteiger partial charge in [0, 0.05) is 25.7 Å². The maximum atomic E-state index is 12.3. The van der Waals surface area contributed by atoms with Gasteiger partial charge >= 0.3 is 6.09 Å². The molecule has 3 rings (SSSR count). The van der Waals surface area contributed by atoms with Gasteiger partial charge in [-0.25, -0.2) is 4.79 Å². The van der Waals surface area contributed by atoms with Crippen LogP contribution in [0.2, 0.25) is 5.02 Å². The van der Waals surface area contributed by atoms with Crippen LogP contribution in [0.15, 0.2) is 18.2 Å². The highest BCUT2D eigenvalue weighted by atomic mass is 35.5. The molecule has 124 valence electrons. The maximum Gasteiger partial charge on any atom is 0.407 e. The van der Waals surface area contributed by atoms with Crippen LogP contribution in [0.3, 0.4) is 0 Å². The fourth-order valence-corrected chi connectivity index (χ4v) is 3.33. The second kappa shape index (κ2) is 6.76. The van der Waals surface area contributed by atoms with Gasteiger partial charge in [0.25, 0.3) is 5.91 Å². The number of halogens is 1. The second-order valence-corrected chi connectivity index (χ2v) is 6.52. The van der Waals surface area contributed by atoms with Crippen molar-refractivity contribution in [3.63, 3.8) is 0 Å². The first-order chi connectivity index (χ1) is 11.0. The molecule has 0 radical (unpaired) electrons. The zero-order chi connectivity index (χ0) is 16.4. The smallest absolute Gasteiger partial charge is 0.407 e. The van der Waals surface area contributed by atoms with Crippen LogP contribution >= 0.6 is 11.6 Å². The Bertz CT molecular complexity index is 623. The van der Waals surface area contributed by atoms with Crippen LogP contribution in [0.5, 0.6) is 0 Å². The Kier molecular flexibility index (Phi) is 4.73. The molecule has 2 atom stereocenters. The average Bonchev–Trinajstić information content (AvgIpc) is 3.08. The number of likely N-dealkylation sites (tertiary alicyclic amines) is 1. The van der Waals surface area contributed by atoms with Crippen molar-refractivity contribution in [3.8, 4) is 0 Å². The molecule has 2 aliphatic heterocycles. The predicted molar refractivity (Wildman–Crippen MR) is 86.8 cm³/mol. The minimum atomic E-state index is -0.354. The van der Waals surface area contributed by atoms with Crippen LogP contribution in [0.25, 0.3) is 0 Å². The van der Waals surface area contributed by atoms with Gasteiger partial charge in [0.2, 0.25) is 0 Å². The molecule has 1 aromatic rings. The summed E-state index contributed by atoms with van der Waals surface area (Å²) in [5.41, 5.74) is 1.53. The molecule has 23 heavy (non-hydrogen) atoms. The van der Waals surface area contributed by atoms with E-state index in [1.807, 2.05) is 13.0 Å². The molecule has 2 aliphatic rings. The molecular formula is C16H20ClN3O3. The van der Waals surface area contributed by atoms with E-state index in [1.54, 1.807) is 12.1 Å². The monoisotopic (exact) mass is 337 g/mol. The first kappa shape index (κ1) is 16.1. The lowest BCUT2D eigenvalue weighted by molar-refractivity contribution is 0.0935. The van der Waals surface area contributed by atoms with Crippen LogP contribution in [0.1, 0.15) is 22.3 Å². The van der Waals surface area contributed by atoms with Gasteiger partial charge in [0.1, 0.15) is 6.10 Å². The summed E-state index contributed by atoms with van der Waals surface area (Å²) in [4.78, 5) is 25.6. The fraction of sp³-hybridized carbons (Fsp3) is 0.500. The minimum absolute atomic E-state index is 0.0879. The van der Waals surface area contributed by atoms with Crippen molar-refractivity contribution in [2.24, 2.45) is 0 Å². The summed E-state index contributed by atoms with van der Waals surface area (Å²) in [6.45, 7) is 4.80. The first-order valence-corrected chi connectivity index (χ1v) is 8.13. The molecular weight excluding hydrogens is 318 g/mol. The Balaban J connectivity index is 1.51. The molecule has 0 aliphatic carbocycles. The van der Waals surface area contributed by atoms with Gasteiger partial charge in [0.05, 0.1) is 17.1 Å². The Labute approximate surface area is 140 Å². The van der Waals surface area contributed by atoms with E-state index in [4.69, 9.17) is 16.3 Å². The topological polar surface area (TPSA) is 70.7 Å². The van der Waals surface area contributed by atoms with Crippen molar-refractivity contribution in [3.05, 3.63) is 34.3 Å². The molecule has 2 fully saturated rings. The highest BCUT2D eigenvalue weighted by molar-refractivity contribution is 6.33. The zero-order valence-corrected chi connectivity index (χ0v) is 13.7. The molecule has 7 heteroatoms. The Morgan fingerprint density at radius 1 is 1.52 bits per heavy atom. The van der Waals surface area contributed by atoms with Gasteiger partial charge in [-0.05, 0) is 31.0 Å². The number of carbonyl (C=O) groups excluding carboxylic acids is 2. The number of hydrogen-bond donors (Lipinski definition) is 2. The lowest BCUT2D eigenvalue weighted by atomic mass is 10.1. The normalized spacial score (nSPS) is 24.3. The van der Waals surface area contributed by atoms with Crippen LogP contribution in [-0.2, 0) is 4.74 Å². The summed E-state index contributed by atoms with van der Waals surface area (Å²) >= 11 is 6.14. The number of nitrogens with zero attached hydrogens (tertiary/aromatic N) is 1. The summed E-state index contributed by atoms with van der Waals surface area (Å²) in [6, 6.07) is 5.51. The molecule has 1 unspecified atom stereocenters. The second-order valence-electron chi connectivity index (χ2n) is 6.11. The van der Waals surface area contributed by atoms with Gasteiger partial charge in [-0.2, -0.15) is 0 Å². The molecule has 2 amide bonds. The molecule has 2 N–H and O–H groups in total. The fourth-order valence-electron chi connectivity index (χ4n) is 3.01. The van der Waals surface area contributed by atoms with E-state index in [1.165, 1.54) is 0 Å². The number of hydrogen-bond acceptors (Lipinski definition) is 4. The third kappa shape index (κ3) is 3.95. The van der Waals surface area contributed by atoms with Gasteiger partial charge in [-0.3, -0.25) is 9.69 Å². The van der Waals surface area contributed by atoms with E-state index in [-0.39, 0.29) is 24.1 Å². The Morgan fingerprint density at radius 3 is 3.04 bits per heavy atom. The van der Waals surface area contributed by atoms with Gasteiger partial charge in [-0.15, -0.1) is 0 Å². The van der Waals surface area contributed by atoms with E-state index in [0.717, 1.165) is 25.1 Å². The predicted octanol–water partition coefficient (Wildman–Crippen LogP) is 1.56. The van der Waals surface area contributed by atoms with Crippen molar-refractivity contribution in [2.45, 2.75) is 25.5 Å². The van der Waals surface area contributed by atoms with Crippen LogP contribution in [0.4, 0.5) is 4.79 Å². The quantitative estimate of drug-likeness (QED) is 0.874. The van der Waals surface area contributed by atoms with Gasteiger partial charge in [0.15, 0.2) is 0 Å². The number of ether oxygens (including phenoxy) is 1. The summed E-state index contributed by atoms with van der Waals surface area (Å²) < 4.78 is 5.14. The molecule has 0 aromatic heterocycles. The van der Waals surface area contributed by atoms with Crippen molar-refractivity contribution in [1.82, 2.24) is 15.5 Å². The largest absolute Gasteiger partial charge is 0.443 e. The van der Waals surface area contributed by atoms with Crippen molar-refractivity contribution in [2.75, 3.05) is 26.2 Å². The van der Waals surface area contributed by atoms with Crippen molar-refractivity contribution < 1.29 is 14.3 Å². The molecule has 0 bridgehead atoms. The number of carbonyl (C=O) groups is 2. The molecule has 0 saturated carbocycles. The number of cyclic esters (lactones) is 1. The molecule has 2 saturated heterocycles. The number of benzene rings is 1. The summed E-state index contributed by atoms with van der Waals surface area (Å²) in [7, 11) is 0. The van der Waals surface area contributed by atoms with Crippen molar-refractivity contribution in [1.29, 1.82) is 0 Å². The molecule has 1 aromatic carbocycles. The van der Waals surface area contributed by atoms with E-state index < -0.39 is 0 Å². The van der Waals surface area contributed by atoms with Crippen molar-refractivity contribution >= 4 is 23.6 Å². The van der Waals surface area contributed by atoms with Crippen LogP contribution in [0, 0.1) is 6.92 Å². The van der Waals surface area contributed by atoms with Gasteiger partial charge < -0.3 is 15.4 Å². The number of aryl methyl sites for hydroxylation is 1. The lowest BCUT2D eigenvalue weighted by Crippen LogP contribution is -2.39. The number of alkyl carbamates (subject to hydrolysis) is 1. The van der Waals surface area contributed by atoms with E-state index >= 15 is 0 Å². The molecule has 6 nitrogen and oxygen atoms in total. The van der Waals surface area contributed by atoms with Crippen LogP contribution in [-0.4, -0.2) is 55.2 Å². The third-order valence-corrected chi connectivity index (χ3v) is 4.50. The molecule has 2 heterocycles. The first-order valence-electron chi connectivity index (χ1n) is 7.75. The Hall–Kier alpha value is -1.79. The summed E-state index contributed by atoms with van der Waals surface area (Å²) in [5.74, 6) is -0.143. The standard InChI is InChI=1S/C16H20ClN3O3/c1-10-2-3-13(14(17)6-10)15(21)19-11-4-5-20(8-11)9-12-7-18-16(22)23-12/h2-3,6,11-12H,4-5,7-9H2,1H3,(H,18,22)(H,19,21)/t11-,12?/m0/s1. The molecule has 0 spiro atoms. The summed E-state index contributed by atoms with van der Waals surface area (Å²) in [5, 5.41) is 6.15. The van der Waals surface area contributed by atoms with E-state index in [2.05, 4.69) is 15.5 Å². The maximum absolute atomic E-state index is 12.3. The van der Waals surface area contributed by atoms with Gasteiger partial charge in [-0.1, -0.05) is 17.7 Å². The third-order valence-electron chi connectivity index (χ3n) is 4.19. The number of nitrogens with one attached hydrogen (secondary N) is 2. The lowest BCUT2D eigenvalue weighted by Gasteiger charge is -2.19. The highest BCUT2D eigenvalue weighted by Gasteiger charge is 2.30. The van der Waals surface area contributed by atoms with E-state index in [9.17, 15) is 9.59 Å². The highest BCUT2D eigenvalue weighted by Crippen LogP contribution is 2.19. The average molecular weight is 338 g/mol. The Morgan fingerprint density at radius 2 is 2.35 bits per heavy atom.